The van der Waals surface area contributed by atoms with E-state index >= 15 is 0 Å². The van der Waals surface area contributed by atoms with Crippen LogP contribution in [0.4, 0.5) is 13.2 Å². The minimum atomic E-state index is -4.48. The van der Waals surface area contributed by atoms with Crippen LogP contribution >= 0.6 is 0 Å². The van der Waals surface area contributed by atoms with Crippen molar-refractivity contribution in [2.45, 2.75) is 24.4 Å². The summed E-state index contributed by atoms with van der Waals surface area (Å²) in [6, 6.07) is 6.97. The zero-order valence-corrected chi connectivity index (χ0v) is 13.3. The van der Waals surface area contributed by atoms with E-state index in [2.05, 4.69) is 15.3 Å². The van der Waals surface area contributed by atoms with Crippen LogP contribution in [0.25, 0.3) is 0 Å². The van der Waals surface area contributed by atoms with Crippen molar-refractivity contribution in [2.24, 2.45) is 4.99 Å². The number of nitrogens with zero attached hydrogens (tertiary/aromatic N) is 2. The van der Waals surface area contributed by atoms with Gasteiger partial charge in [-0.15, -0.1) is 0 Å². The van der Waals surface area contributed by atoms with Gasteiger partial charge in [0.25, 0.3) is 0 Å². The number of halogens is 3. The van der Waals surface area contributed by atoms with Crippen molar-refractivity contribution >= 4 is 11.7 Å². The van der Waals surface area contributed by atoms with Gasteiger partial charge in [-0.2, -0.15) is 13.2 Å². The van der Waals surface area contributed by atoms with Gasteiger partial charge in [-0.05, 0) is 42.2 Å². The molecule has 0 unspecified atom stereocenters. The zero-order chi connectivity index (χ0) is 17.8. The largest absolute Gasteiger partial charge is 0.416 e. The molecule has 7 heteroatoms. The van der Waals surface area contributed by atoms with Gasteiger partial charge < -0.3 is 5.32 Å². The number of amides is 1. The van der Waals surface area contributed by atoms with Crippen molar-refractivity contribution in [3.05, 3.63) is 64.5 Å². The number of fused-ring (bicyclic) bond motifs is 4. The number of rotatable bonds is 0. The fourth-order valence-corrected chi connectivity index (χ4v) is 3.84. The Hall–Kier alpha value is -2.70. The Morgan fingerprint density at radius 3 is 2.76 bits per heavy atom. The lowest BCUT2D eigenvalue weighted by Gasteiger charge is -2.36. The molecule has 0 bridgehead atoms. The van der Waals surface area contributed by atoms with Crippen molar-refractivity contribution in [3.8, 4) is 0 Å². The lowest BCUT2D eigenvalue weighted by molar-refractivity contribution is -0.138. The number of alkyl halides is 3. The van der Waals surface area contributed by atoms with Gasteiger partial charge in [0.2, 0.25) is 5.91 Å². The Balaban J connectivity index is 2.04. The molecule has 1 N–H and O–H groups in total. The first kappa shape index (κ1) is 15.8. The number of benzene rings is 1. The van der Waals surface area contributed by atoms with E-state index in [-0.39, 0.29) is 11.7 Å². The highest BCUT2D eigenvalue weighted by atomic mass is 19.4. The normalized spacial score (nSPS) is 23.5. The summed E-state index contributed by atoms with van der Waals surface area (Å²) < 4.78 is 39.8. The third kappa shape index (κ3) is 2.11. The maximum atomic E-state index is 13.3. The van der Waals surface area contributed by atoms with E-state index in [1.165, 1.54) is 13.1 Å². The number of aromatic nitrogens is 1. The first-order valence-corrected chi connectivity index (χ1v) is 7.82. The molecule has 4 nitrogen and oxygen atoms in total. The van der Waals surface area contributed by atoms with Crippen molar-refractivity contribution in [1.29, 1.82) is 0 Å². The highest BCUT2D eigenvalue weighted by Gasteiger charge is 2.52. The average Bonchev–Trinajstić information content (AvgIpc) is 2.98. The Morgan fingerprint density at radius 2 is 2.04 bits per heavy atom. The van der Waals surface area contributed by atoms with Crippen molar-refractivity contribution in [1.82, 2.24) is 10.3 Å². The standard InChI is InChI=1S/C18H14F3N3O/c1-22-15-11-5-4-10(18(19,20)21)9-13(11)17(16(25)24-15)7-6-14-12(17)3-2-8-23-14/h2-5,8-9H,6-7H2,1H3,(H,22,24,25)/t17-/m1/s1. The molecule has 1 aliphatic heterocycles. The molecule has 25 heavy (non-hydrogen) atoms. The van der Waals surface area contributed by atoms with Gasteiger partial charge in [0.1, 0.15) is 11.3 Å². The number of nitrogens with one attached hydrogen (secondary N) is 1. The van der Waals surface area contributed by atoms with Gasteiger partial charge in [-0.1, -0.05) is 12.1 Å². The van der Waals surface area contributed by atoms with E-state index < -0.39 is 17.2 Å². The number of aliphatic imine (C=N–C) groups is 1. The zero-order valence-electron chi connectivity index (χ0n) is 13.3. The summed E-state index contributed by atoms with van der Waals surface area (Å²) in [5.74, 6) is -0.0663. The second kappa shape index (κ2) is 5.15. The number of pyridine rings is 1. The van der Waals surface area contributed by atoms with E-state index in [0.717, 1.165) is 17.8 Å². The highest BCUT2D eigenvalue weighted by Crippen LogP contribution is 2.47. The van der Waals surface area contributed by atoms with Crippen LogP contribution in [-0.4, -0.2) is 23.8 Å². The SMILES string of the molecule is CN=C1NC(=O)[C@@]2(CCc3ncccc32)c2cc(C(F)(F)F)ccc21. The summed E-state index contributed by atoms with van der Waals surface area (Å²) in [7, 11) is 1.50. The van der Waals surface area contributed by atoms with E-state index in [9.17, 15) is 18.0 Å². The van der Waals surface area contributed by atoms with Crippen molar-refractivity contribution in [3.63, 3.8) is 0 Å². The number of hydrogen-bond acceptors (Lipinski definition) is 3. The Kier molecular flexibility index (Phi) is 3.25. The fourth-order valence-electron chi connectivity index (χ4n) is 3.84. The first-order chi connectivity index (χ1) is 11.9. The summed E-state index contributed by atoms with van der Waals surface area (Å²) in [6.07, 6.45) is -1.93. The summed E-state index contributed by atoms with van der Waals surface area (Å²) in [6.45, 7) is 0. The third-order valence-electron chi connectivity index (χ3n) is 4.99. The molecule has 1 spiro atoms. The molecule has 1 amide bonds. The van der Waals surface area contributed by atoms with E-state index in [1.54, 1.807) is 18.3 Å². The smallest absolute Gasteiger partial charge is 0.309 e. The van der Waals surface area contributed by atoms with Gasteiger partial charge in [-0.25, -0.2) is 0 Å². The second-order valence-electron chi connectivity index (χ2n) is 6.19. The molecule has 1 aromatic carbocycles. The molecule has 0 saturated heterocycles. The second-order valence-corrected chi connectivity index (χ2v) is 6.19. The topological polar surface area (TPSA) is 54.4 Å². The van der Waals surface area contributed by atoms with Crippen LogP contribution in [0.15, 0.2) is 41.5 Å². The molecule has 0 radical (unpaired) electrons. The average molecular weight is 345 g/mol. The summed E-state index contributed by atoms with van der Waals surface area (Å²) >= 11 is 0. The van der Waals surface area contributed by atoms with E-state index in [0.29, 0.717) is 29.5 Å². The van der Waals surface area contributed by atoms with Crippen LogP contribution in [-0.2, 0) is 22.8 Å². The van der Waals surface area contributed by atoms with Gasteiger partial charge >= 0.3 is 6.18 Å². The van der Waals surface area contributed by atoms with Crippen LogP contribution in [0.5, 0.6) is 0 Å². The summed E-state index contributed by atoms with van der Waals surface area (Å²) in [4.78, 5) is 21.3. The molecule has 4 rings (SSSR count). The molecular formula is C18H14F3N3O. The predicted octanol–water partition coefficient (Wildman–Crippen LogP) is 2.84. The third-order valence-corrected chi connectivity index (χ3v) is 4.99. The van der Waals surface area contributed by atoms with Gasteiger partial charge in [0.15, 0.2) is 0 Å². The highest BCUT2D eigenvalue weighted by molar-refractivity contribution is 6.17. The van der Waals surface area contributed by atoms with Crippen LogP contribution in [0.1, 0.15) is 34.4 Å². The summed E-state index contributed by atoms with van der Waals surface area (Å²) in [5, 5.41) is 2.76. The minimum absolute atomic E-state index is 0.289. The lowest BCUT2D eigenvalue weighted by atomic mass is 9.70. The number of carbonyl (C=O) groups excluding carboxylic acids is 1. The van der Waals surface area contributed by atoms with Crippen LogP contribution < -0.4 is 5.32 Å². The van der Waals surface area contributed by atoms with E-state index in [4.69, 9.17) is 0 Å². The van der Waals surface area contributed by atoms with Crippen LogP contribution in [0, 0.1) is 0 Å². The Labute approximate surface area is 141 Å². The van der Waals surface area contributed by atoms with Gasteiger partial charge in [-0.3, -0.25) is 14.8 Å². The molecule has 128 valence electrons. The van der Waals surface area contributed by atoms with Crippen LogP contribution in [0.3, 0.4) is 0 Å². The molecule has 2 aromatic rings. The van der Waals surface area contributed by atoms with Crippen LogP contribution in [0.2, 0.25) is 0 Å². The first-order valence-electron chi connectivity index (χ1n) is 7.82. The minimum Gasteiger partial charge on any atom is -0.309 e. The molecular weight excluding hydrogens is 331 g/mol. The number of aryl methyl sites for hydroxylation is 1. The number of carbonyl (C=O) groups is 1. The van der Waals surface area contributed by atoms with Gasteiger partial charge in [0.05, 0.1) is 5.56 Å². The van der Waals surface area contributed by atoms with Crippen molar-refractivity contribution in [2.75, 3.05) is 7.05 Å². The molecule has 1 aliphatic carbocycles. The maximum Gasteiger partial charge on any atom is 0.416 e. The maximum absolute atomic E-state index is 13.3. The summed E-state index contributed by atoms with van der Waals surface area (Å²) in [5.41, 5.74) is 0.355. The molecule has 2 heterocycles. The molecule has 0 fully saturated rings. The molecule has 1 aromatic heterocycles. The Morgan fingerprint density at radius 1 is 1.24 bits per heavy atom. The molecule has 0 saturated carbocycles. The molecule has 2 aliphatic rings. The van der Waals surface area contributed by atoms with Crippen molar-refractivity contribution < 1.29 is 18.0 Å². The molecule has 1 atom stereocenters. The lowest BCUT2D eigenvalue weighted by Crippen LogP contribution is -2.52. The number of amidine groups is 1. The number of hydrogen-bond donors (Lipinski definition) is 1. The van der Waals surface area contributed by atoms with Gasteiger partial charge in [0, 0.05) is 24.5 Å². The van der Waals surface area contributed by atoms with E-state index in [1.807, 2.05) is 0 Å². The predicted molar refractivity (Wildman–Crippen MR) is 85.4 cm³/mol. The Bertz CT molecular complexity index is 920. The monoisotopic (exact) mass is 345 g/mol. The fraction of sp³-hybridized carbons (Fsp3) is 0.278. The quantitative estimate of drug-likeness (QED) is 0.798.